The zero-order valence-corrected chi connectivity index (χ0v) is 19.5. The number of hydrogen-bond acceptors (Lipinski definition) is 4. The van der Waals surface area contributed by atoms with Crippen molar-refractivity contribution in [1.29, 1.82) is 0 Å². The lowest BCUT2D eigenvalue weighted by Crippen LogP contribution is -2.40. The van der Waals surface area contributed by atoms with Crippen LogP contribution >= 0.6 is 0 Å². The summed E-state index contributed by atoms with van der Waals surface area (Å²) in [4.78, 5) is 38.1. The summed E-state index contributed by atoms with van der Waals surface area (Å²) in [5.74, 6) is -0.897. The van der Waals surface area contributed by atoms with Crippen LogP contribution in [0.5, 0.6) is 0 Å². The van der Waals surface area contributed by atoms with Crippen molar-refractivity contribution < 1.29 is 24.2 Å². The van der Waals surface area contributed by atoms with E-state index in [9.17, 15) is 14.4 Å². The van der Waals surface area contributed by atoms with Crippen LogP contribution in [-0.4, -0.2) is 53.7 Å². The van der Waals surface area contributed by atoms with Gasteiger partial charge in [-0.2, -0.15) is 0 Å². The molecule has 0 spiro atoms. The number of hydrogen-bond donors (Lipinski definition) is 2. The average Bonchev–Trinajstić information content (AvgIpc) is 3.40. The van der Waals surface area contributed by atoms with Gasteiger partial charge < -0.3 is 20.1 Å². The summed E-state index contributed by atoms with van der Waals surface area (Å²) in [6, 6.07) is 16.1. The monoisotopic (exact) mass is 464 g/mol. The zero-order valence-electron chi connectivity index (χ0n) is 19.5. The molecule has 1 heterocycles. The van der Waals surface area contributed by atoms with E-state index in [2.05, 4.69) is 29.6 Å². The van der Waals surface area contributed by atoms with E-state index in [1.807, 2.05) is 31.2 Å². The minimum Gasteiger partial charge on any atom is -0.481 e. The molecule has 0 bridgehead atoms. The molecule has 1 fully saturated rings. The Kier molecular flexibility index (Phi) is 7.50. The first-order valence-electron chi connectivity index (χ1n) is 12.1. The number of benzene rings is 2. The number of carboxylic acids is 1. The summed E-state index contributed by atoms with van der Waals surface area (Å²) in [5.41, 5.74) is 4.66. The predicted octanol–water partition coefficient (Wildman–Crippen LogP) is 4.41. The van der Waals surface area contributed by atoms with Crippen molar-refractivity contribution in [3.8, 4) is 11.1 Å². The van der Waals surface area contributed by atoms with Crippen molar-refractivity contribution in [2.75, 3.05) is 19.7 Å². The Morgan fingerprint density at radius 3 is 2.35 bits per heavy atom. The highest BCUT2D eigenvalue weighted by molar-refractivity contribution is 5.80. The summed E-state index contributed by atoms with van der Waals surface area (Å²) in [6.45, 7) is 3.28. The number of aliphatic carboxylic acids is 1. The lowest BCUT2D eigenvalue weighted by atomic mass is 9.98. The largest absolute Gasteiger partial charge is 0.481 e. The molecule has 1 unspecified atom stereocenters. The molecule has 4 rings (SSSR count). The third-order valence-electron chi connectivity index (χ3n) is 6.83. The van der Waals surface area contributed by atoms with Crippen molar-refractivity contribution >= 4 is 18.0 Å². The van der Waals surface area contributed by atoms with Crippen LogP contribution in [0.4, 0.5) is 4.79 Å². The Hall–Kier alpha value is -3.35. The Morgan fingerprint density at radius 1 is 1.09 bits per heavy atom. The normalized spacial score (nSPS) is 17.7. The molecule has 180 valence electrons. The maximum Gasteiger partial charge on any atom is 0.407 e. The van der Waals surface area contributed by atoms with E-state index in [0.29, 0.717) is 25.9 Å². The first kappa shape index (κ1) is 23.8. The quantitative estimate of drug-likeness (QED) is 0.573. The Bertz CT molecular complexity index is 1010. The number of ether oxygens (including phenoxy) is 1. The van der Waals surface area contributed by atoms with Crippen molar-refractivity contribution in [3.63, 3.8) is 0 Å². The van der Waals surface area contributed by atoms with Crippen molar-refractivity contribution in [2.24, 2.45) is 5.92 Å². The molecule has 2 N–H and O–H groups in total. The number of rotatable bonds is 9. The third-order valence-corrected chi connectivity index (χ3v) is 6.83. The molecule has 7 heteroatoms. The Balaban J connectivity index is 1.32. The van der Waals surface area contributed by atoms with E-state index in [0.717, 1.165) is 17.5 Å². The van der Waals surface area contributed by atoms with Crippen LogP contribution in [0.1, 0.15) is 56.1 Å². The van der Waals surface area contributed by atoms with Gasteiger partial charge >= 0.3 is 12.1 Å². The molecule has 2 aromatic rings. The molecular weight excluding hydrogens is 432 g/mol. The van der Waals surface area contributed by atoms with Gasteiger partial charge in [-0.3, -0.25) is 9.59 Å². The van der Waals surface area contributed by atoms with Gasteiger partial charge in [0, 0.05) is 37.9 Å². The summed E-state index contributed by atoms with van der Waals surface area (Å²) in [5, 5.41) is 11.9. The van der Waals surface area contributed by atoms with Gasteiger partial charge in [0.1, 0.15) is 6.61 Å². The summed E-state index contributed by atoms with van der Waals surface area (Å²) in [7, 11) is 0. The smallest absolute Gasteiger partial charge is 0.407 e. The van der Waals surface area contributed by atoms with Crippen LogP contribution in [0.2, 0.25) is 0 Å². The summed E-state index contributed by atoms with van der Waals surface area (Å²) in [6.07, 6.45) is 1.96. The molecule has 2 aliphatic rings. The highest BCUT2D eigenvalue weighted by Crippen LogP contribution is 2.44. The minimum absolute atomic E-state index is 0.00108. The number of carbonyl (C=O) groups excluding carboxylic acids is 2. The van der Waals surface area contributed by atoms with E-state index in [1.165, 1.54) is 11.1 Å². The van der Waals surface area contributed by atoms with Crippen LogP contribution < -0.4 is 5.32 Å². The number of likely N-dealkylation sites (tertiary alicyclic amines) is 1. The second-order valence-electron chi connectivity index (χ2n) is 9.25. The molecule has 7 nitrogen and oxygen atoms in total. The maximum atomic E-state index is 12.8. The minimum atomic E-state index is -0.833. The predicted molar refractivity (Wildman–Crippen MR) is 128 cm³/mol. The molecule has 1 aliphatic heterocycles. The van der Waals surface area contributed by atoms with Gasteiger partial charge in [-0.05, 0) is 41.0 Å². The molecule has 0 saturated carbocycles. The Labute approximate surface area is 200 Å². The lowest BCUT2D eigenvalue weighted by Gasteiger charge is -2.22. The highest BCUT2D eigenvalue weighted by atomic mass is 16.5. The molecule has 2 aromatic carbocycles. The molecule has 1 aliphatic carbocycles. The molecule has 34 heavy (non-hydrogen) atoms. The van der Waals surface area contributed by atoms with Crippen LogP contribution in [0.15, 0.2) is 48.5 Å². The van der Waals surface area contributed by atoms with E-state index in [-0.39, 0.29) is 43.2 Å². The van der Waals surface area contributed by atoms with Crippen molar-refractivity contribution in [3.05, 3.63) is 59.7 Å². The number of fused-ring (bicyclic) bond motifs is 3. The standard InChI is InChI=1S/C27H32N2O5/c1-2-7-19(15-25(30)29-13-12-18(16-29)14-26(31)32)28-27(33)34-17-24-22-10-5-3-8-20(22)21-9-4-6-11-23(21)24/h3-6,8-11,18-19,24H,2,7,12-17H2,1H3,(H,28,33)(H,31,32)/t18?,19-/m0/s1. The van der Waals surface area contributed by atoms with Crippen molar-refractivity contribution in [1.82, 2.24) is 10.2 Å². The average molecular weight is 465 g/mol. The molecular formula is C27H32N2O5. The van der Waals surface area contributed by atoms with Gasteiger partial charge in [0.15, 0.2) is 0 Å². The van der Waals surface area contributed by atoms with Crippen LogP contribution in [0.3, 0.4) is 0 Å². The van der Waals surface area contributed by atoms with E-state index in [4.69, 9.17) is 9.84 Å². The molecule has 1 saturated heterocycles. The topological polar surface area (TPSA) is 95.9 Å². The fraction of sp³-hybridized carbons (Fsp3) is 0.444. The van der Waals surface area contributed by atoms with Crippen LogP contribution in [0, 0.1) is 5.92 Å². The molecule has 0 radical (unpaired) electrons. The van der Waals surface area contributed by atoms with E-state index >= 15 is 0 Å². The van der Waals surface area contributed by atoms with Gasteiger partial charge in [0.05, 0.1) is 0 Å². The number of alkyl carbamates (subject to hydrolysis) is 1. The highest BCUT2D eigenvalue weighted by Gasteiger charge is 2.31. The molecule has 2 atom stereocenters. The van der Waals surface area contributed by atoms with Gasteiger partial charge in [-0.25, -0.2) is 4.79 Å². The van der Waals surface area contributed by atoms with E-state index in [1.54, 1.807) is 4.90 Å². The summed E-state index contributed by atoms with van der Waals surface area (Å²) < 4.78 is 5.64. The van der Waals surface area contributed by atoms with Gasteiger partial charge in [0.2, 0.25) is 5.91 Å². The zero-order chi connectivity index (χ0) is 24.1. The lowest BCUT2D eigenvalue weighted by molar-refractivity contribution is -0.138. The van der Waals surface area contributed by atoms with Gasteiger partial charge in [-0.1, -0.05) is 61.9 Å². The number of nitrogens with one attached hydrogen (secondary N) is 1. The number of carbonyl (C=O) groups is 3. The Morgan fingerprint density at radius 2 is 1.74 bits per heavy atom. The first-order valence-corrected chi connectivity index (χ1v) is 12.1. The molecule has 2 amide bonds. The number of amides is 2. The second kappa shape index (κ2) is 10.7. The number of nitrogens with zero attached hydrogens (tertiary/aromatic N) is 1. The first-order chi connectivity index (χ1) is 16.5. The number of carboxylic acid groups (broad SMARTS) is 1. The maximum absolute atomic E-state index is 12.8. The third kappa shape index (κ3) is 5.41. The second-order valence-corrected chi connectivity index (χ2v) is 9.25. The van der Waals surface area contributed by atoms with E-state index < -0.39 is 12.1 Å². The van der Waals surface area contributed by atoms with Gasteiger partial charge in [0.25, 0.3) is 0 Å². The SMILES string of the molecule is CCC[C@@H](CC(=O)N1CCC(CC(=O)O)C1)NC(=O)OCC1c2ccccc2-c2ccccc21. The molecule has 0 aromatic heterocycles. The fourth-order valence-corrected chi connectivity index (χ4v) is 5.19. The fourth-order valence-electron chi connectivity index (χ4n) is 5.19. The van der Waals surface area contributed by atoms with Gasteiger partial charge in [-0.15, -0.1) is 0 Å². The van der Waals surface area contributed by atoms with Crippen LogP contribution in [-0.2, 0) is 14.3 Å². The summed E-state index contributed by atoms with van der Waals surface area (Å²) >= 11 is 0. The van der Waals surface area contributed by atoms with Crippen LogP contribution in [0.25, 0.3) is 11.1 Å². The van der Waals surface area contributed by atoms with Crippen molar-refractivity contribution in [2.45, 2.75) is 51.0 Å².